The topological polar surface area (TPSA) is 67.8 Å². The van der Waals surface area contributed by atoms with Gasteiger partial charge in [0.1, 0.15) is 18.1 Å². The average Bonchev–Trinajstić information content (AvgIpc) is 3.22. The molecule has 7 nitrogen and oxygen atoms in total. The van der Waals surface area contributed by atoms with Gasteiger partial charge >= 0.3 is 0 Å². The number of ether oxygens (including phenoxy) is 2. The first-order valence-electron chi connectivity index (χ1n) is 8.91. The van der Waals surface area contributed by atoms with E-state index in [4.69, 9.17) is 9.47 Å². The molecule has 1 aromatic carbocycles. The summed E-state index contributed by atoms with van der Waals surface area (Å²) in [6.07, 6.45) is 5.19. The molecule has 1 aromatic heterocycles. The zero-order valence-electron chi connectivity index (χ0n) is 14.8. The number of rotatable bonds is 4. The van der Waals surface area contributed by atoms with Crippen molar-refractivity contribution in [2.24, 2.45) is 0 Å². The molecular weight excluding hydrogens is 332 g/mol. The normalized spacial score (nSPS) is 18.7. The van der Waals surface area contributed by atoms with Gasteiger partial charge in [0, 0.05) is 20.1 Å². The van der Waals surface area contributed by atoms with E-state index in [0.29, 0.717) is 24.7 Å². The minimum absolute atomic E-state index is 0.0450. The van der Waals surface area contributed by atoms with Gasteiger partial charge in [-0.05, 0) is 25.0 Å². The van der Waals surface area contributed by atoms with Crippen LogP contribution in [0.2, 0.25) is 0 Å². The summed E-state index contributed by atoms with van der Waals surface area (Å²) in [5, 5.41) is 0. The number of fused-ring (bicyclic) bond motifs is 1. The number of likely N-dealkylation sites (tertiary alicyclic amines) is 1. The van der Waals surface area contributed by atoms with Crippen LogP contribution in [-0.2, 0) is 0 Å². The second kappa shape index (κ2) is 7.19. The Balaban J connectivity index is 1.43. The Hall–Kier alpha value is -2.83. The fourth-order valence-corrected chi connectivity index (χ4v) is 3.28. The van der Waals surface area contributed by atoms with Crippen LogP contribution in [0.1, 0.15) is 23.3 Å². The molecule has 0 spiro atoms. The zero-order valence-corrected chi connectivity index (χ0v) is 14.8. The number of benzene rings is 1. The fourth-order valence-electron chi connectivity index (χ4n) is 3.28. The Morgan fingerprint density at radius 1 is 1.23 bits per heavy atom. The molecule has 1 atom stereocenters. The number of carbonyl (C=O) groups is 1. The molecule has 0 saturated carbocycles. The lowest BCUT2D eigenvalue weighted by Crippen LogP contribution is -2.40. The number of likely N-dealkylation sites (N-methyl/N-ethyl adjacent to an activating group) is 1. The second-order valence-electron chi connectivity index (χ2n) is 6.64. The van der Waals surface area contributed by atoms with Crippen molar-refractivity contribution in [2.75, 3.05) is 38.2 Å². The highest BCUT2D eigenvalue weighted by molar-refractivity contribution is 5.92. The third-order valence-corrected chi connectivity index (χ3v) is 4.67. The van der Waals surface area contributed by atoms with Crippen LogP contribution in [0.4, 0.5) is 5.82 Å². The van der Waals surface area contributed by atoms with E-state index in [0.717, 1.165) is 37.4 Å². The molecule has 2 aromatic rings. The molecule has 0 aliphatic carbocycles. The molecule has 1 unspecified atom stereocenters. The summed E-state index contributed by atoms with van der Waals surface area (Å²) in [4.78, 5) is 25.0. The van der Waals surface area contributed by atoms with Crippen molar-refractivity contribution in [1.29, 1.82) is 0 Å². The summed E-state index contributed by atoms with van der Waals surface area (Å²) in [6, 6.07) is 7.64. The monoisotopic (exact) mass is 354 g/mol. The highest BCUT2D eigenvalue weighted by Gasteiger charge is 2.24. The quantitative estimate of drug-likeness (QED) is 0.836. The van der Waals surface area contributed by atoms with E-state index in [-0.39, 0.29) is 12.0 Å². The largest absolute Gasteiger partial charge is 0.486 e. The summed E-state index contributed by atoms with van der Waals surface area (Å²) in [5.74, 6) is 2.12. The van der Waals surface area contributed by atoms with Gasteiger partial charge in [-0.1, -0.05) is 12.1 Å². The second-order valence-corrected chi connectivity index (χ2v) is 6.64. The summed E-state index contributed by atoms with van der Waals surface area (Å²) in [6.45, 7) is 2.66. The van der Waals surface area contributed by atoms with Crippen LogP contribution in [0.3, 0.4) is 0 Å². The Kier molecular flexibility index (Phi) is 4.60. The van der Waals surface area contributed by atoms with Crippen molar-refractivity contribution in [3.8, 4) is 11.5 Å². The molecule has 2 aliphatic heterocycles. The minimum Gasteiger partial charge on any atom is -0.486 e. The maximum Gasteiger partial charge on any atom is 0.274 e. The summed E-state index contributed by atoms with van der Waals surface area (Å²) >= 11 is 0. The van der Waals surface area contributed by atoms with Gasteiger partial charge in [-0.15, -0.1) is 0 Å². The third-order valence-electron chi connectivity index (χ3n) is 4.67. The number of carbonyl (C=O) groups excluding carboxylic acids is 1. The zero-order chi connectivity index (χ0) is 17.9. The number of para-hydroxylation sites is 2. The van der Waals surface area contributed by atoms with Crippen molar-refractivity contribution in [2.45, 2.75) is 18.9 Å². The van der Waals surface area contributed by atoms with Crippen molar-refractivity contribution in [1.82, 2.24) is 14.9 Å². The summed E-state index contributed by atoms with van der Waals surface area (Å²) in [7, 11) is 1.91. The van der Waals surface area contributed by atoms with Crippen LogP contribution < -0.4 is 14.4 Å². The summed E-state index contributed by atoms with van der Waals surface area (Å²) in [5.41, 5.74) is 0.391. The molecule has 3 heterocycles. The van der Waals surface area contributed by atoms with Crippen molar-refractivity contribution in [3.05, 3.63) is 42.4 Å². The molecule has 0 radical (unpaired) electrons. The SMILES string of the molecule is CN(CC1COc2ccccc2O1)c1cncc(C(=O)N2CCCC2)n1. The van der Waals surface area contributed by atoms with Gasteiger partial charge in [0.2, 0.25) is 0 Å². The summed E-state index contributed by atoms with van der Waals surface area (Å²) < 4.78 is 11.7. The van der Waals surface area contributed by atoms with Crippen LogP contribution >= 0.6 is 0 Å². The Bertz CT molecular complexity index is 792. The Labute approximate surface area is 152 Å². The number of amides is 1. The van der Waals surface area contributed by atoms with Crippen LogP contribution in [-0.4, -0.2) is 60.2 Å². The van der Waals surface area contributed by atoms with Gasteiger partial charge in [-0.2, -0.15) is 0 Å². The van der Waals surface area contributed by atoms with Gasteiger partial charge in [0.25, 0.3) is 5.91 Å². The maximum atomic E-state index is 12.5. The lowest BCUT2D eigenvalue weighted by atomic mass is 10.2. The molecule has 0 bridgehead atoms. The maximum absolute atomic E-state index is 12.5. The number of nitrogens with zero attached hydrogens (tertiary/aromatic N) is 4. The highest BCUT2D eigenvalue weighted by atomic mass is 16.6. The van der Waals surface area contributed by atoms with Crippen molar-refractivity contribution >= 4 is 11.7 Å². The van der Waals surface area contributed by atoms with Gasteiger partial charge in [-0.25, -0.2) is 4.98 Å². The van der Waals surface area contributed by atoms with E-state index < -0.39 is 0 Å². The van der Waals surface area contributed by atoms with E-state index >= 15 is 0 Å². The average molecular weight is 354 g/mol. The van der Waals surface area contributed by atoms with Gasteiger partial charge in [0.05, 0.1) is 18.9 Å². The molecule has 1 amide bonds. The predicted molar refractivity (Wildman–Crippen MR) is 96.8 cm³/mol. The molecule has 26 heavy (non-hydrogen) atoms. The first-order chi connectivity index (χ1) is 12.7. The molecular formula is C19H22N4O3. The van der Waals surface area contributed by atoms with Crippen LogP contribution in [0.25, 0.3) is 0 Å². The number of anilines is 1. The fraction of sp³-hybridized carbons (Fsp3) is 0.421. The molecule has 136 valence electrons. The standard InChI is InChI=1S/C19H22N4O3/c1-22(12-14-13-25-16-6-2-3-7-17(16)26-14)18-11-20-10-15(21-18)19(24)23-8-4-5-9-23/h2-3,6-7,10-11,14H,4-5,8-9,12-13H2,1H3. The molecule has 4 rings (SSSR count). The van der Waals surface area contributed by atoms with Gasteiger partial charge < -0.3 is 19.3 Å². The lowest BCUT2D eigenvalue weighted by Gasteiger charge is -2.30. The van der Waals surface area contributed by atoms with E-state index in [1.54, 1.807) is 6.20 Å². The Morgan fingerprint density at radius 3 is 2.81 bits per heavy atom. The van der Waals surface area contributed by atoms with Gasteiger partial charge in [0.15, 0.2) is 17.6 Å². The minimum atomic E-state index is -0.116. The highest BCUT2D eigenvalue weighted by Crippen LogP contribution is 2.31. The number of hydrogen-bond acceptors (Lipinski definition) is 6. The first kappa shape index (κ1) is 16.6. The Morgan fingerprint density at radius 2 is 2.00 bits per heavy atom. The van der Waals surface area contributed by atoms with Crippen molar-refractivity contribution < 1.29 is 14.3 Å². The van der Waals surface area contributed by atoms with Crippen LogP contribution in [0.15, 0.2) is 36.7 Å². The number of hydrogen-bond donors (Lipinski definition) is 0. The van der Waals surface area contributed by atoms with E-state index in [1.807, 2.05) is 41.1 Å². The van der Waals surface area contributed by atoms with E-state index in [2.05, 4.69) is 9.97 Å². The van der Waals surface area contributed by atoms with Crippen LogP contribution in [0, 0.1) is 0 Å². The van der Waals surface area contributed by atoms with E-state index in [9.17, 15) is 4.79 Å². The molecule has 1 saturated heterocycles. The smallest absolute Gasteiger partial charge is 0.274 e. The molecule has 1 fully saturated rings. The van der Waals surface area contributed by atoms with Gasteiger partial charge in [-0.3, -0.25) is 9.78 Å². The number of aromatic nitrogens is 2. The van der Waals surface area contributed by atoms with Crippen molar-refractivity contribution in [3.63, 3.8) is 0 Å². The molecule has 7 heteroatoms. The lowest BCUT2D eigenvalue weighted by molar-refractivity contribution is 0.0786. The third kappa shape index (κ3) is 3.42. The molecule has 2 aliphatic rings. The van der Waals surface area contributed by atoms with Crippen LogP contribution in [0.5, 0.6) is 11.5 Å². The van der Waals surface area contributed by atoms with E-state index in [1.165, 1.54) is 6.20 Å². The first-order valence-corrected chi connectivity index (χ1v) is 8.91. The predicted octanol–water partition coefficient (Wildman–Crippen LogP) is 1.99. The molecule has 0 N–H and O–H groups in total.